The fourth-order valence-electron chi connectivity index (χ4n) is 1.89. The highest BCUT2D eigenvalue weighted by Crippen LogP contribution is 2.04. The molecule has 0 atom stereocenters. The second-order valence-electron chi connectivity index (χ2n) is 4.72. The third kappa shape index (κ3) is 6.11. The number of aliphatic hydroxyl groups excluding tert-OH is 1. The normalized spacial score (nSPS) is 10.3. The number of ether oxygens (including phenoxy) is 1. The summed E-state index contributed by atoms with van der Waals surface area (Å²) in [6.45, 7) is 1.50. The smallest absolute Gasteiger partial charge is 0.335 e. The van der Waals surface area contributed by atoms with Crippen molar-refractivity contribution in [2.24, 2.45) is 0 Å². The maximum atomic E-state index is 12.0. The molecule has 0 saturated heterocycles. The van der Waals surface area contributed by atoms with E-state index in [0.717, 1.165) is 5.56 Å². The van der Waals surface area contributed by atoms with Gasteiger partial charge < -0.3 is 25.2 Å². The molecule has 1 aromatic rings. The van der Waals surface area contributed by atoms with Crippen LogP contribution in [0.15, 0.2) is 24.3 Å². The van der Waals surface area contributed by atoms with Crippen molar-refractivity contribution < 1.29 is 24.5 Å². The van der Waals surface area contributed by atoms with Crippen molar-refractivity contribution in [1.29, 1.82) is 0 Å². The molecule has 0 aliphatic carbocycles. The maximum Gasteiger partial charge on any atom is 0.335 e. The Morgan fingerprint density at radius 1 is 1.23 bits per heavy atom. The summed E-state index contributed by atoms with van der Waals surface area (Å²) < 4.78 is 4.94. The highest BCUT2D eigenvalue weighted by Gasteiger charge is 2.12. The Labute approximate surface area is 129 Å². The third-order valence-corrected chi connectivity index (χ3v) is 3.08. The van der Waals surface area contributed by atoms with Gasteiger partial charge in [0.15, 0.2) is 0 Å². The summed E-state index contributed by atoms with van der Waals surface area (Å²) in [4.78, 5) is 24.3. The minimum absolute atomic E-state index is 0.103. The Hall–Kier alpha value is -2.12. The number of carbonyl (C=O) groups is 2. The van der Waals surface area contributed by atoms with E-state index < -0.39 is 5.97 Å². The van der Waals surface area contributed by atoms with Crippen molar-refractivity contribution in [3.05, 3.63) is 35.4 Å². The fourth-order valence-corrected chi connectivity index (χ4v) is 1.89. The molecule has 0 aliphatic rings. The van der Waals surface area contributed by atoms with Gasteiger partial charge in [0.1, 0.15) is 0 Å². The molecule has 0 bridgehead atoms. The van der Waals surface area contributed by atoms with Crippen molar-refractivity contribution in [1.82, 2.24) is 10.2 Å². The molecule has 2 amide bonds. The van der Waals surface area contributed by atoms with E-state index in [4.69, 9.17) is 14.9 Å². The average Bonchev–Trinajstić information content (AvgIpc) is 2.52. The topological polar surface area (TPSA) is 99.1 Å². The van der Waals surface area contributed by atoms with E-state index in [1.807, 2.05) is 0 Å². The van der Waals surface area contributed by atoms with Crippen molar-refractivity contribution in [3.8, 4) is 0 Å². The monoisotopic (exact) mass is 310 g/mol. The lowest BCUT2D eigenvalue weighted by atomic mass is 10.1. The molecule has 3 N–H and O–H groups in total. The molecule has 0 heterocycles. The van der Waals surface area contributed by atoms with Gasteiger partial charge in [0.05, 0.1) is 12.2 Å². The van der Waals surface area contributed by atoms with Gasteiger partial charge in [-0.15, -0.1) is 0 Å². The van der Waals surface area contributed by atoms with Gasteiger partial charge in [0, 0.05) is 33.4 Å². The lowest BCUT2D eigenvalue weighted by Gasteiger charge is -2.22. The van der Waals surface area contributed by atoms with Gasteiger partial charge in [0.2, 0.25) is 0 Å². The molecule has 1 aromatic carbocycles. The summed E-state index contributed by atoms with van der Waals surface area (Å²) in [5, 5.41) is 20.6. The number of amides is 2. The Kier molecular flexibility index (Phi) is 7.95. The van der Waals surface area contributed by atoms with Crippen LogP contribution in [0, 0.1) is 0 Å². The molecule has 1 rings (SSSR count). The molecule has 122 valence electrons. The predicted octanol–water partition coefficient (Wildman–Crippen LogP) is 0.925. The van der Waals surface area contributed by atoms with Crippen molar-refractivity contribution >= 4 is 12.0 Å². The number of nitrogens with zero attached hydrogens (tertiary/aromatic N) is 1. The third-order valence-electron chi connectivity index (χ3n) is 3.08. The number of carbonyl (C=O) groups excluding carboxylic acids is 1. The van der Waals surface area contributed by atoms with E-state index in [9.17, 15) is 9.59 Å². The van der Waals surface area contributed by atoms with E-state index in [1.165, 1.54) is 17.0 Å². The molecule has 7 nitrogen and oxygen atoms in total. The van der Waals surface area contributed by atoms with Crippen LogP contribution in [0.5, 0.6) is 0 Å². The van der Waals surface area contributed by atoms with Gasteiger partial charge in [-0.3, -0.25) is 0 Å². The number of urea groups is 1. The quantitative estimate of drug-likeness (QED) is 0.589. The average molecular weight is 310 g/mol. The van der Waals surface area contributed by atoms with Crippen LogP contribution in [0.25, 0.3) is 0 Å². The number of aliphatic hydroxyl groups is 1. The number of rotatable bonds is 9. The standard InChI is InChI=1S/C15H22N2O5/c1-22-10-2-7-17(8-9-18)15(21)16-11-12-3-5-13(6-4-12)14(19)20/h3-6,18H,2,7-11H2,1H3,(H,16,21)(H,19,20). The van der Waals surface area contributed by atoms with E-state index in [1.54, 1.807) is 19.2 Å². The molecule has 0 aromatic heterocycles. The molecule has 0 saturated carbocycles. The lowest BCUT2D eigenvalue weighted by molar-refractivity contribution is 0.0697. The van der Waals surface area contributed by atoms with Crippen LogP contribution >= 0.6 is 0 Å². The van der Waals surface area contributed by atoms with E-state index in [-0.39, 0.29) is 24.7 Å². The molecule has 0 aliphatic heterocycles. The summed E-state index contributed by atoms with van der Waals surface area (Å²) in [6, 6.07) is 6.03. The van der Waals surface area contributed by atoms with Gasteiger partial charge in [0.25, 0.3) is 0 Å². The summed E-state index contributed by atoms with van der Waals surface area (Å²) in [5.74, 6) is -0.983. The summed E-state index contributed by atoms with van der Waals surface area (Å²) in [6.07, 6.45) is 0.692. The fraction of sp³-hybridized carbons (Fsp3) is 0.467. The maximum absolute atomic E-state index is 12.0. The largest absolute Gasteiger partial charge is 0.478 e. The number of hydrogen-bond acceptors (Lipinski definition) is 4. The van der Waals surface area contributed by atoms with E-state index in [0.29, 0.717) is 26.1 Å². The number of hydrogen-bond donors (Lipinski definition) is 3. The molecule has 7 heteroatoms. The first-order chi connectivity index (χ1) is 10.6. The number of carboxylic acid groups (broad SMARTS) is 1. The first-order valence-corrected chi connectivity index (χ1v) is 7.03. The first kappa shape index (κ1) is 17.9. The molecule has 22 heavy (non-hydrogen) atoms. The lowest BCUT2D eigenvalue weighted by Crippen LogP contribution is -2.42. The number of aromatic carboxylic acids is 1. The zero-order valence-corrected chi connectivity index (χ0v) is 12.6. The van der Waals surface area contributed by atoms with Gasteiger partial charge in [-0.2, -0.15) is 0 Å². The highest BCUT2D eigenvalue weighted by molar-refractivity contribution is 5.87. The van der Waals surface area contributed by atoms with E-state index in [2.05, 4.69) is 5.32 Å². The Bertz CT molecular complexity index is 475. The Balaban J connectivity index is 2.49. The number of nitrogens with one attached hydrogen (secondary N) is 1. The van der Waals surface area contributed by atoms with Crippen molar-refractivity contribution in [2.75, 3.05) is 33.4 Å². The van der Waals surface area contributed by atoms with Crippen LogP contribution in [0.4, 0.5) is 4.79 Å². The zero-order chi connectivity index (χ0) is 16.4. The van der Waals surface area contributed by atoms with Gasteiger partial charge in [-0.05, 0) is 24.1 Å². The number of methoxy groups -OCH3 is 1. The van der Waals surface area contributed by atoms with Crippen LogP contribution < -0.4 is 5.32 Å². The van der Waals surface area contributed by atoms with Crippen LogP contribution in [0.3, 0.4) is 0 Å². The molecule has 0 spiro atoms. The van der Waals surface area contributed by atoms with Crippen LogP contribution in [0.2, 0.25) is 0 Å². The predicted molar refractivity (Wildman–Crippen MR) is 80.8 cm³/mol. The van der Waals surface area contributed by atoms with Crippen LogP contribution in [0.1, 0.15) is 22.3 Å². The number of carboxylic acids is 1. The summed E-state index contributed by atoms with van der Waals surface area (Å²) >= 11 is 0. The molecule has 0 fully saturated rings. The first-order valence-electron chi connectivity index (χ1n) is 7.03. The Morgan fingerprint density at radius 2 is 1.91 bits per heavy atom. The Morgan fingerprint density at radius 3 is 2.45 bits per heavy atom. The van der Waals surface area contributed by atoms with Gasteiger partial charge >= 0.3 is 12.0 Å². The highest BCUT2D eigenvalue weighted by atomic mass is 16.5. The van der Waals surface area contributed by atoms with Crippen LogP contribution in [-0.4, -0.2) is 60.5 Å². The van der Waals surface area contributed by atoms with E-state index >= 15 is 0 Å². The summed E-state index contributed by atoms with van der Waals surface area (Å²) in [7, 11) is 1.59. The second kappa shape index (κ2) is 9.75. The van der Waals surface area contributed by atoms with Crippen molar-refractivity contribution in [3.63, 3.8) is 0 Å². The minimum atomic E-state index is -0.983. The zero-order valence-electron chi connectivity index (χ0n) is 12.6. The number of benzene rings is 1. The second-order valence-corrected chi connectivity index (χ2v) is 4.72. The summed E-state index contributed by atoms with van der Waals surface area (Å²) in [5.41, 5.74) is 1.01. The molecular weight excluding hydrogens is 288 g/mol. The van der Waals surface area contributed by atoms with Crippen LogP contribution in [-0.2, 0) is 11.3 Å². The van der Waals surface area contributed by atoms with Gasteiger partial charge in [-0.25, -0.2) is 9.59 Å². The molecule has 0 radical (unpaired) electrons. The minimum Gasteiger partial charge on any atom is -0.478 e. The van der Waals surface area contributed by atoms with Crippen molar-refractivity contribution in [2.45, 2.75) is 13.0 Å². The SMILES string of the molecule is COCCCN(CCO)C(=O)NCc1ccc(C(=O)O)cc1. The molecular formula is C15H22N2O5. The van der Waals surface area contributed by atoms with Gasteiger partial charge in [-0.1, -0.05) is 12.1 Å². The molecule has 0 unspecified atom stereocenters.